The number of ether oxygens (including phenoxy) is 1. The number of likely N-dealkylation sites (N-methyl/N-ethyl adjacent to an activating group) is 1. The fourth-order valence-corrected chi connectivity index (χ4v) is 1.74. The Labute approximate surface area is 139 Å². The maximum atomic E-state index is 11.5. The molecule has 0 aliphatic carbocycles. The number of esters is 1. The highest BCUT2D eigenvalue weighted by atomic mass is 35.5. The predicted octanol–water partition coefficient (Wildman–Crippen LogP) is 1.46. The molecule has 0 fully saturated rings. The van der Waals surface area contributed by atoms with Crippen LogP contribution >= 0.6 is 11.6 Å². The highest BCUT2D eigenvalue weighted by Crippen LogP contribution is 2.17. The van der Waals surface area contributed by atoms with Gasteiger partial charge in [0.1, 0.15) is 0 Å². The molecule has 0 radical (unpaired) electrons. The molecule has 0 bridgehead atoms. The number of aryl methyl sites for hydroxylation is 1. The van der Waals surface area contributed by atoms with Gasteiger partial charge in [0, 0.05) is 17.6 Å². The largest absolute Gasteiger partial charge is 0.452 e. The van der Waals surface area contributed by atoms with Gasteiger partial charge in [0.15, 0.2) is 6.61 Å². The molecule has 2 N–H and O–H groups in total. The van der Waals surface area contributed by atoms with Crippen LogP contribution in [0.5, 0.6) is 0 Å². The minimum atomic E-state index is -0.658. The topological polar surface area (TPSA) is 84.5 Å². The second-order valence-corrected chi connectivity index (χ2v) is 5.09. The van der Waals surface area contributed by atoms with Gasteiger partial charge in [0.25, 0.3) is 5.91 Å². The first-order valence-electron chi connectivity index (χ1n) is 7.06. The van der Waals surface area contributed by atoms with E-state index in [-0.39, 0.29) is 12.5 Å². The molecule has 0 saturated carbocycles. The van der Waals surface area contributed by atoms with Gasteiger partial charge in [-0.1, -0.05) is 23.7 Å². The fourth-order valence-electron chi connectivity index (χ4n) is 1.55. The number of carbonyl (C=O) groups excluding carboxylic acids is 3. The van der Waals surface area contributed by atoms with Crippen molar-refractivity contribution in [2.24, 2.45) is 0 Å². The standard InChI is InChI=1S/C16H19ClN2O4/c1-3-18-14(20)9-19-15(21)10-23-16(22)7-6-12-5-4-11(2)13(17)8-12/h4-8H,3,9-10H2,1-2H3,(H,18,20)(H,19,21)/b7-6+. The molecule has 0 heterocycles. The minimum absolute atomic E-state index is 0.151. The molecule has 0 aliphatic heterocycles. The molecular formula is C16H19ClN2O4. The zero-order valence-corrected chi connectivity index (χ0v) is 13.8. The molecule has 0 aromatic heterocycles. The molecule has 0 saturated heterocycles. The molecule has 0 aliphatic rings. The first kappa shape index (κ1) is 18.7. The van der Waals surface area contributed by atoms with Crippen molar-refractivity contribution < 1.29 is 19.1 Å². The van der Waals surface area contributed by atoms with Gasteiger partial charge in [-0.15, -0.1) is 0 Å². The van der Waals surface area contributed by atoms with Crippen LogP contribution < -0.4 is 10.6 Å². The summed E-state index contributed by atoms with van der Waals surface area (Å²) >= 11 is 5.98. The van der Waals surface area contributed by atoms with E-state index in [9.17, 15) is 14.4 Å². The van der Waals surface area contributed by atoms with Crippen molar-refractivity contribution in [1.82, 2.24) is 10.6 Å². The first-order valence-corrected chi connectivity index (χ1v) is 7.44. The number of nitrogens with one attached hydrogen (secondary N) is 2. The lowest BCUT2D eigenvalue weighted by Crippen LogP contribution is -2.38. The van der Waals surface area contributed by atoms with Crippen molar-refractivity contribution in [3.05, 3.63) is 40.4 Å². The van der Waals surface area contributed by atoms with Crippen LogP contribution in [-0.4, -0.2) is 37.5 Å². The van der Waals surface area contributed by atoms with Crippen molar-refractivity contribution in [1.29, 1.82) is 0 Å². The Balaban J connectivity index is 2.36. The summed E-state index contributed by atoms with van der Waals surface area (Å²) in [6, 6.07) is 5.37. The molecule has 1 aromatic rings. The summed E-state index contributed by atoms with van der Waals surface area (Å²) in [7, 11) is 0. The highest BCUT2D eigenvalue weighted by Gasteiger charge is 2.07. The Hall–Kier alpha value is -2.34. The van der Waals surface area contributed by atoms with Gasteiger partial charge in [-0.25, -0.2) is 4.79 Å². The lowest BCUT2D eigenvalue weighted by Gasteiger charge is -2.05. The molecule has 1 rings (SSSR count). The maximum Gasteiger partial charge on any atom is 0.331 e. The van der Waals surface area contributed by atoms with E-state index < -0.39 is 18.5 Å². The van der Waals surface area contributed by atoms with Crippen LogP contribution in [0.25, 0.3) is 6.08 Å². The summed E-state index contributed by atoms with van der Waals surface area (Å²) in [5.41, 5.74) is 1.69. The van der Waals surface area contributed by atoms with Crippen molar-refractivity contribution in [2.45, 2.75) is 13.8 Å². The number of carbonyl (C=O) groups is 3. The van der Waals surface area contributed by atoms with Crippen LogP contribution in [0.4, 0.5) is 0 Å². The van der Waals surface area contributed by atoms with Crippen LogP contribution in [0.2, 0.25) is 5.02 Å². The Bertz CT molecular complexity index is 614. The maximum absolute atomic E-state index is 11.5. The van der Waals surface area contributed by atoms with Crippen molar-refractivity contribution in [2.75, 3.05) is 19.7 Å². The second kappa shape index (κ2) is 9.63. The molecule has 0 spiro atoms. The molecule has 0 atom stereocenters. The van der Waals surface area contributed by atoms with Crippen LogP contribution in [-0.2, 0) is 19.1 Å². The van der Waals surface area contributed by atoms with E-state index in [1.54, 1.807) is 19.1 Å². The summed E-state index contributed by atoms with van der Waals surface area (Å²) < 4.78 is 4.77. The highest BCUT2D eigenvalue weighted by molar-refractivity contribution is 6.31. The quantitative estimate of drug-likeness (QED) is 0.582. The number of halogens is 1. The third-order valence-corrected chi connectivity index (χ3v) is 3.18. The van der Waals surface area contributed by atoms with Gasteiger partial charge in [0.05, 0.1) is 6.54 Å². The van der Waals surface area contributed by atoms with Gasteiger partial charge in [0.2, 0.25) is 5.91 Å². The van der Waals surface area contributed by atoms with Crippen LogP contribution in [0, 0.1) is 6.92 Å². The van der Waals surface area contributed by atoms with Crippen molar-refractivity contribution >= 4 is 35.5 Å². The average molecular weight is 339 g/mol. The number of hydrogen-bond acceptors (Lipinski definition) is 4. The van der Waals surface area contributed by atoms with E-state index in [4.69, 9.17) is 16.3 Å². The Morgan fingerprint density at radius 2 is 1.96 bits per heavy atom. The number of benzene rings is 1. The lowest BCUT2D eigenvalue weighted by atomic mass is 10.1. The fraction of sp³-hybridized carbons (Fsp3) is 0.312. The summed E-state index contributed by atoms with van der Waals surface area (Å²) in [6.45, 7) is 3.54. The summed E-state index contributed by atoms with van der Waals surface area (Å²) in [5.74, 6) is -1.51. The number of hydrogen-bond donors (Lipinski definition) is 2. The third-order valence-electron chi connectivity index (χ3n) is 2.77. The first-order chi connectivity index (χ1) is 10.9. The molecule has 7 heteroatoms. The van der Waals surface area contributed by atoms with Gasteiger partial charge >= 0.3 is 5.97 Å². The third kappa shape index (κ3) is 7.46. The number of rotatable bonds is 7. The van der Waals surface area contributed by atoms with Gasteiger partial charge in [-0.3, -0.25) is 9.59 Å². The smallest absolute Gasteiger partial charge is 0.331 e. The molecule has 2 amide bonds. The van der Waals surface area contributed by atoms with E-state index in [1.165, 1.54) is 6.08 Å². The van der Waals surface area contributed by atoms with E-state index >= 15 is 0 Å². The van der Waals surface area contributed by atoms with Gasteiger partial charge in [-0.2, -0.15) is 0 Å². The Morgan fingerprint density at radius 3 is 2.61 bits per heavy atom. The second-order valence-electron chi connectivity index (χ2n) is 4.68. The molecule has 124 valence electrons. The van der Waals surface area contributed by atoms with E-state index in [1.807, 2.05) is 19.1 Å². The van der Waals surface area contributed by atoms with Gasteiger partial charge in [-0.05, 0) is 37.1 Å². The molecular weight excluding hydrogens is 320 g/mol. The SMILES string of the molecule is CCNC(=O)CNC(=O)COC(=O)/C=C/c1ccc(C)c(Cl)c1. The van der Waals surface area contributed by atoms with Crippen molar-refractivity contribution in [3.63, 3.8) is 0 Å². The van der Waals surface area contributed by atoms with E-state index in [2.05, 4.69) is 10.6 Å². The van der Waals surface area contributed by atoms with E-state index in [0.717, 1.165) is 11.1 Å². The van der Waals surface area contributed by atoms with Crippen LogP contribution in [0.1, 0.15) is 18.1 Å². The zero-order chi connectivity index (χ0) is 17.2. The summed E-state index contributed by atoms with van der Waals surface area (Å²) in [4.78, 5) is 34.1. The monoisotopic (exact) mass is 338 g/mol. The molecule has 1 aromatic carbocycles. The van der Waals surface area contributed by atoms with Crippen molar-refractivity contribution in [3.8, 4) is 0 Å². The Kier molecular flexibility index (Phi) is 7.83. The van der Waals surface area contributed by atoms with Crippen LogP contribution in [0.15, 0.2) is 24.3 Å². The Morgan fingerprint density at radius 1 is 1.22 bits per heavy atom. The number of amides is 2. The average Bonchev–Trinajstić information content (AvgIpc) is 2.52. The molecule has 23 heavy (non-hydrogen) atoms. The molecule has 0 unspecified atom stereocenters. The lowest BCUT2D eigenvalue weighted by molar-refractivity contribution is -0.143. The van der Waals surface area contributed by atoms with Crippen LogP contribution in [0.3, 0.4) is 0 Å². The molecule has 6 nitrogen and oxygen atoms in total. The summed E-state index contributed by atoms with van der Waals surface area (Å²) in [6.07, 6.45) is 2.75. The minimum Gasteiger partial charge on any atom is -0.452 e. The van der Waals surface area contributed by atoms with Gasteiger partial charge < -0.3 is 15.4 Å². The van der Waals surface area contributed by atoms with E-state index in [0.29, 0.717) is 11.6 Å². The normalized spacial score (nSPS) is 10.4. The predicted molar refractivity (Wildman–Crippen MR) is 87.9 cm³/mol. The summed E-state index contributed by atoms with van der Waals surface area (Å²) in [5, 5.41) is 5.47. The zero-order valence-electron chi connectivity index (χ0n) is 13.0.